The molecule has 9 heteroatoms. The molecule has 1 aromatic heterocycles. The van der Waals surface area contributed by atoms with E-state index in [0.717, 1.165) is 24.0 Å². The first-order chi connectivity index (χ1) is 15.7. The molecule has 0 radical (unpaired) electrons. The molecule has 172 valence electrons. The predicted molar refractivity (Wildman–Crippen MR) is 128 cm³/mol. The number of rotatable bonds is 6. The molecule has 0 aliphatic carbocycles. The molecule has 1 aliphatic rings. The Morgan fingerprint density at radius 3 is 2.39 bits per heavy atom. The van der Waals surface area contributed by atoms with Crippen molar-refractivity contribution in [3.05, 3.63) is 92.9 Å². The highest BCUT2D eigenvalue weighted by molar-refractivity contribution is 7.89. The second-order valence-electron chi connectivity index (χ2n) is 8.06. The summed E-state index contributed by atoms with van der Waals surface area (Å²) < 4.78 is 28.5. The van der Waals surface area contributed by atoms with E-state index in [2.05, 4.69) is 5.32 Å². The monoisotopic (exact) mass is 485 g/mol. The molecule has 33 heavy (non-hydrogen) atoms. The smallest absolute Gasteiger partial charge is 0.255 e. The number of sulfonamides is 1. The lowest BCUT2D eigenvalue weighted by Gasteiger charge is -2.16. The number of halogens is 1. The molecule has 7 nitrogen and oxygen atoms in total. The lowest BCUT2D eigenvalue weighted by Crippen LogP contribution is -2.29. The number of hydrogen-bond donors (Lipinski definition) is 1. The predicted octanol–water partition coefficient (Wildman–Crippen LogP) is 3.90. The maximum atomic E-state index is 12.8. The van der Waals surface area contributed by atoms with Gasteiger partial charge in [0.25, 0.3) is 11.5 Å². The Morgan fingerprint density at radius 1 is 1.03 bits per heavy atom. The summed E-state index contributed by atoms with van der Waals surface area (Å²) in [5, 5.41) is 3.46. The van der Waals surface area contributed by atoms with Crippen LogP contribution in [-0.4, -0.2) is 36.3 Å². The topological polar surface area (TPSA) is 88.5 Å². The Morgan fingerprint density at radius 2 is 1.73 bits per heavy atom. The van der Waals surface area contributed by atoms with Crippen LogP contribution in [0.3, 0.4) is 0 Å². The summed E-state index contributed by atoms with van der Waals surface area (Å²) >= 11 is 6.02. The van der Waals surface area contributed by atoms with E-state index in [1.54, 1.807) is 42.5 Å². The number of carbonyl (C=O) groups is 1. The van der Waals surface area contributed by atoms with Gasteiger partial charge in [0, 0.05) is 41.6 Å². The lowest BCUT2D eigenvalue weighted by molar-refractivity contribution is 0.102. The fourth-order valence-corrected chi connectivity index (χ4v) is 5.40. The van der Waals surface area contributed by atoms with Crippen LogP contribution in [0.5, 0.6) is 0 Å². The standard InChI is InChI=1S/C24H24ClN3O4S/c1-17-14-20(8-10-22(17)25)26-24(30)19-6-4-18(5-7-19)15-27-16-21(9-11-23(27)29)33(31,32)28-12-2-3-13-28/h4-11,14,16H,2-3,12-13,15H2,1H3,(H,26,30). The van der Waals surface area contributed by atoms with Gasteiger partial charge in [0.05, 0.1) is 11.4 Å². The number of pyridine rings is 1. The van der Waals surface area contributed by atoms with Crippen molar-refractivity contribution in [2.75, 3.05) is 18.4 Å². The Labute approximate surface area is 197 Å². The van der Waals surface area contributed by atoms with Crippen molar-refractivity contribution >= 4 is 33.2 Å². The highest BCUT2D eigenvalue weighted by atomic mass is 35.5. The molecular formula is C24H24ClN3O4S. The second kappa shape index (κ2) is 9.51. The van der Waals surface area contributed by atoms with Crippen molar-refractivity contribution in [1.29, 1.82) is 0 Å². The first kappa shape index (κ1) is 23.2. The first-order valence-corrected chi connectivity index (χ1v) is 12.4. The largest absolute Gasteiger partial charge is 0.322 e. The van der Waals surface area contributed by atoms with Crippen molar-refractivity contribution in [3.8, 4) is 0 Å². The van der Waals surface area contributed by atoms with Crippen molar-refractivity contribution in [1.82, 2.24) is 8.87 Å². The first-order valence-electron chi connectivity index (χ1n) is 10.6. The molecule has 1 fully saturated rings. The van der Waals surface area contributed by atoms with Gasteiger partial charge in [-0.15, -0.1) is 0 Å². The van der Waals surface area contributed by atoms with Crippen LogP contribution < -0.4 is 10.9 Å². The molecule has 1 N–H and O–H groups in total. The Balaban J connectivity index is 1.49. The van der Waals surface area contributed by atoms with Crippen molar-refractivity contribution < 1.29 is 13.2 Å². The molecule has 0 spiro atoms. The van der Waals surface area contributed by atoms with E-state index in [0.29, 0.717) is 29.4 Å². The molecule has 1 saturated heterocycles. The van der Waals surface area contributed by atoms with Crippen LogP contribution in [0, 0.1) is 6.92 Å². The third-order valence-corrected chi connectivity index (χ3v) is 7.95. The Hall–Kier alpha value is -2.94. The fraction of sp³-hybridized carbons (Fsp3) is 0.250. The minimum atomic E-state index is -3.61. The number of aromatic nitrogens is 1. The lowest BCUT2D eigenvalue weighted by atomic mass is 10.1. The van der Waals surface area contributed by atoms with E-state index in [9.17, 15) is 18.0 Å². The van der Waals surface area contributed by atoms with Gasteiger partial charge >= 0.3 is 0 Å². The van der Waals surface area contributed by atoms with Crippen LogP contribution >= 0.6 is 11.6 Å². The van der Waals surface area contributed by atoms with E-state index < -0.39 is 10.0 Å². The van der Waals surface area contributed by atoms with Crippen LogP contribution in [0.4, 0.5) is 5.69 Å². The highest BCUT2D eigenvalue weighted by Gasteiger charge is 2.27. The summed E-state index contributed by atoms with van der Waals surface area (Å²) in [6, 6.07) is 14.7. The van der Waals surface area contributed by atoms with Gasteiger partial charge in [-0.1, -0.05) is 23.7 Å². The molecule has 0 unspecified atom stereocenters. The Kier molecular flexibility index (Phi) is 6.69. The van der Waals surface area contributed by atoms with Crippen LogP contribution in [-0.2, 0) is 16.6 Å². The van der Waals surface area contributed by atoms with Crippen molar-refractivity contribution in [2.24, 2.45) is 0 Å². The highest BCUT2D eigenvalue weighted by Crippen LogP contribution is 2.21. The summed E-state index contributed by atoms with van der Waals surface area (Å²) in [4.78, 5) is 25.0. The van der Waals surface area contributed by atoms with Gasteiger partial charge in [0.15, 0.2) is 0 Å². The van der Waals surface area contributed by atoms with E-state index >= 15 is 0 Å². The minimum Gasteiger partial charge on any atom is -0.322 e. The number of aryl methyl sites for hydroxylation is 1. The normalized spacial score (nSPS) is 14.4. The number of amides is 1. The second-order valence-corrected chi connectivity index (χ2v) is 10.4. The third kappa shape index (κ3) is 5.19. The zero-order chi connectivity index (χ0) is 23.6. The average Bonchev–Trinajstić information content (AvgIpc) is 3.34. The molecule has 4 rings (SSSR count). The molecule has 2 heterocycles. The maximum absolute atomic E-state index is 12.8. The summed E-state index contributed by atoms with van der Waals surface area (Å²) in [5.41, 5.74) is 2.45. The van der Waals surface area contributed by atoms with Crippen LogP contribution in [0.2, 0.25) is 5.02 Å². The van der Waals surface area contributed by atoms with Crippen molar-refractivity contribution in [2.45, 2.75) is 31.2 Å². The number of benzene rings is 2. The van der Waals surface area contributed by atoms with E-state index in [1.165, 1.54) is 27.2 Å². The maximum Gasteiger partial charge on any atom is 0.255 e. The minimum absolute atomic E-state index is 0.109. The molecular weight excluding hydrogens is 462 g/mol. The number of nitrogens with one attached hydrogen (secondary N) is 1. The number of nitrogens with zero attached hydrogens (tertiary/aromatic N) is 2. The molecule has 2 aromatic carbocycles. The molecule has 0 atom stereocenters. The zero-order valence-electron chi connectivity index (χ0n) is 18.1. The van der Waals surface area contributed by atoms with Gasteiger partial charge in [-0.05, 0) is 67.3 Å². The summed E-state index contributed by atoms with van der Waals surface area (Å²) in [7, 11) is -3.61. The van der Waals surface area contributed by atoms with Crippen LogP contribution in [0.25, 0.3) is 0 Å². The SMILES string of the molecule is Cc1cc(NC(=O)c2ccc(Cn3cc(S(=O)(=O)N4CCCC4)ccc3=O)cc2)ccc1Cl. The molecule has 1 aliphatic heterocycles. The molecule has 1 amide bonds. The van der Waals surface area contributed by atoms with E-state index in [1.807, 2.05) is 6.92 Å². The average molecular weight is 486 g/mol. The van der Waals surface area contributed by atoms with E-state index in [-0.39, 0.29) is 22.9 Å². The van der Waals surface area contributed by atoms with Gasteiger partial charge in [-0.2, -0.15) is 4.31 Å². The summed E-state index contributed by atoms with van der Waals surface area (Å²) in [5.74, 6) is -0.265. The third-order valence-electron chi connectivity index (χ3n) is 5.64. The van der Waals surface area contributed by atoms with Crippen molar-refractivity contribution in [3.63, 3.8) is 0 Å². The number of anilines is 1. The van der Waals surface area contributed by atoms with Gasteiger partial charge in [-0.25, -0.2) is 8.42 Å². The summed E-state index contributed by atoms with van der Waals surface area (Å²) in [6.07, 6.45) is 3.08. The number of hydrogen-bond acceptors (Lipinski definition) is 4. The fourth-order valence-electron chi connectivity index (χ4n) is 3.75. The van der Waals surface area contributed by atoms with E-state index in [4.69, 9.17) is 11.6 Å². The quantitative estimate of drug-likeness (QED) is 0.573. The van der Waals surface area contributed by atoms with Gasteiger partial charge in [0.1, 0.15) is 0 Å². The molecule has 0 bridgehead atoms. The van der Waals surface area contributed by atoms with Gasteiger partial charge < -0.3 is 9.88 Å². The van der Waals surface area contributed by atoms with Crippen LogP contribution in [0.1, 0.15) is 34.3 Å². The number of carbonyl (C=O) groups excluding carboxylic acids is 1. The molecule has 0 saturated carbocycles. The summed E-state index contributed by atoms with van der Waals surface area (Å²) in [6.45, 7) is 3.06. The zero-order valence-corrected chi connectivity index (χ0v) is 19.7. The molecule has 3 aromatic rings. The van der Waals surface area contributed by atoms with Crippen LogP contribution in [0.15, 0.2) is 70.5 Å². The van der Waals surface area contributed by atoms with Gasteiger partial charge in [-0.3, -0.25) is 9.59 Å². The Bertz CT molecular complexity index is 1340. The van der Waals surface area contributed by atoms with Gasteiger partial charge in [0.2, 0.25) is 10.0 Å².